The summed E-state index contributed by atoms with van der Waals surface area (Å²) in [5.41, 5.74) is 0.274. The van der Waals surface area contributed by atoms with Crippen molar-refractivity contribution in [1.82, 2.24) is 9.36 Å². The number of hydrogen-bond acceptors (Lipinski definition) is 6. The minimum absolute atomic E-state index is 0.0246. The van der Waals surface area contributed by atoms with Gasteiger partial charge in [-0.25, -0.2) is 9.37 Å². The first-order valence-corrected chi connectivity index (χ1v) is 7.78. The van der Waals surface area contributed by atoms with Crippen molar-refractivity contribution in [1.29, 1.82) is 0 Å². The number of amides is 1. The number of ketones is 1. The molecule has 0 aliphatic rings. The molecule has 0 unspecified atom stereocenters. The summed E-state index contributed by atoms with van der Waals surface area (Å²) in [6, 6.07) is 9.11. The molecule has 0 saturated heterocycles. The van der Waals surface area contributed by atoms with Gasteiger partial charge >= 0.3 is 0 Å². The summed E-state index contributed by atoms with van der Waals surface area (Å²) in [5, 5.41) is 2.80. The van der Waals surface area contributed by atoms with Crippen molar-refractivity contribution in [3.8, 4) is 11.3 Å². The van der Waals surface area contributed by atoms with E-state index in [1.54, 1.807) is 18.2 Å². The first-order chi connectivity index (χ1) is 11.5. The molecule has 0 radical (unpaired) electrons. The molecular formula is C16H12FN3O3S. The van der Waals surface area contributed by atoms with Crippen LogP contribution in [0.25, 0.3) is 11.3 Å². The van der Waals surface area contributed by atoms with Crippen molar-refractivity contribution < 1.29 is 18.4 Å². The van der Waals surface area contributed by atoms with Crippen LogP contribution in [0.4, 0.5) is 9.52 Å². The molecule has 1 aromatic carbocycles. The van der Waals surface area contributed by atoms with Gasteiger partial charge in [0.2, 0.25) is 5.13 Å². The van der Waals surface area contributed by atoms with Crippen LogP contribution < -0.4 is 5.32 Å². The van der Waals surface area contributed by atoms with Gasteiger partial charge in [-0.15, -0.1) is 0 Å². The largest absolute Gasteiger partial charge is 0.451 e. The van der Waals surface area contributed by atoms with Crippen molar-refractivity contribution in [2.45, 2.75) is 13.3 Å². The van der Waals surface area contributed by atoms with Gasteiger partial charge in [0.15, 0.2) is 11.6 Å². The second-order valence-corrected chi connectivity index (χ2v) is 5.74. The van der Waals surface area contributed by atoms with Gasteiger partial charge in [0, 0.05) is 11.5 Å². The van der Waals surface area contributed by atoms with Gasteiger partial charge < -0.3 is 4.42 Å². The van der Waals surface area contributed by atoms with Crippen LogP contribution in [0.2, 0.25) is 0 Å². The lowest BCUT2D eigenvalue weighted by Crippen LogP contribution is -2.10. The zero-order chi connectivity index (χ0) is 17.1. The highest BCUT2D eigenvalue weighted by Gasteiger charge is 2.16. The summed E-state index contributed by atoms with van der Waals surface area (Å²) in [6.07, 6.45) is 0.116. The lowest BCUT2D eigenvalue weighted by molar-refractivity contribution is -0.116. The van der Waals surface area contributed by atoms with Crippen LogP contribution in [0, 0.1) is 5.82 Å². The minimum Gasteiger partial charge on any atom is -0.451 e. The van der Waals surface area contributed by atoms with Crippen LogP contribution in [-0.4, -0.2) is 21.0 Å². The van der Waals surface area contributed by atoms with E-state index in [0.29, 0.717) is 5.82 Å². The number of nitrogens with zero attached hydrogens (tertiary/aromatic N) is 2. The number of Topliss-reactive ketones (excluding diaryl/α,β-unsaturated/α-hetero) is 1. The molecule has 1 N–H and O–H groups in total. The molecule has 0 bridgehead atoms. The van der Waals surface area contributed by atoms with Crippen LogP contribution in [-0.2, 0) is 11.2 Å². The van der Waals surface area contributed by atoms with E-state index in [2.05, 4.69) is 14.7 Å². The molecular weight excluding hydrogens is 333 g/mol. The van der Waals surface area contributed by atoms with Crippen LogP contribution in [0.3, 0.4) is 0 Å². The van der Waals surface area contributed by atoms with Crippen molar-refractivity contribution in [2.24, 2.45) is 0 Å². The normalized spacial score (nSPS) is 10.6. The van der Waals surface area contributed by atoms with Gasteiger partial charge in [0.25, 0.3) is 5.91 Å². The summed E-state index contributed by atoms with van der Waals surface area (Å²) in [7, 11) is 0. The molecule has 2 aromatic heterocycles. The Morgan fingerprint density at radius 1 is 1.25 bits per heavy atom. The first kappa shape index (κ1) is 16.0. The minimum atomic E-state index is -0.525. The smallest absolute Gasteiger partial charge is 0.293 e. The third kappa shape index (κ3) is 3.54. The Kier molecular flexibility index (Phi) is 4.48. The maximum atomic E-state index is 13.7. The molecule has 1 amide bonds. The zero-order valence-electron chi connectivity index (χ0n) is 12.6. The highest BCUT2D eigenvalue weighted by molar-refractivity contribution is 7.09. The third-order valence-electron chi connectivity index (χ3n) is 3.06. The molecule has 8 heteroatoms. The van der Waals surface area contributed by atoms with Crippen LogP contribution in [0.1, 0.15) is 23.3 Å². The Labute approximate surface area is 140 Å². The van der Waals surface area contributed by atoms with Crippen LogP contribution in [0.15, 0.2) is 40.8 Å². The van der Waals surface area contributed by atoms with Crippen LogP contribution >= 0.6 is 11.5 Å². The summed E-state index contributed by atoms with van der Waals surface area (Å²) in [4.78, 5) is 27.2. The van der Waals surface area contributed by atoms with Crippen molar-refractivity contribution in [2.75, 3.05) is 5.32 Å². The van der Waals surface area contributed by atoms with E-state index < -0.39 is 11.7 Å². The van der Waals surface area contributed by atoms with E-state index in [4.69, 9.17) is 4.42 Å². The molecule has 3 rings (SSSR count). The predicted molar refractivity (Wildman–Crippen MR) is 86.3 cm³/mol. The molecule has 2 heterocycles. The van der Waals surface area contributed by atoms with E-state index in [0.717, 1.165) is 11.5 Å². The van der Waals surface area contributed by atoms with Gasteiger partial charge in [-0.2, -0.15) is 4.37 Å². The number of carbonyl (C=O) groups is 2. The molecule has 0 fully saturated rings. The van der Waals surface area contributed by atoms with E-state index in [1.165, 1.54) is 25.1 Å². The Balaban J connectivity index is 1.73. The predicted octanol–water partition coefficient (Wildman–Crippen LogP) is 3.32. The molecule has 0 aliphatic heterocycles. The molecule has 0 atom stereocenters. The maximum Gasteiger partial charge on any atom is 0.293 e. The fourth-order valence-corrected chi connectivity index (χ4v) is 2.61. The number of benzene rings is 1. The average molecular weight is 345 g/mol. The van der Waals surface area contributed by atoms with Crippen molar-refractivity contribution in [3.05, 3.63) is 53.8 Å². The fourth-order valence-electron chi connectivity index (χ4n) is 2.02. The summed E-state index contributed by atoms with van der Waals surface area (Å²) in [6.45, 7) is 1.44. The SMILES string of the molecule is CC(=O)Cc1nsc(NC(=O)c2ccc(-c3ccccc3F)o2)n1. The Morgan fingerprint density at radius 3 is 2.79 bits per heavy atom. The number of nitrogens with one attached hydrogen (secondary N) is 1. The lowest BCUT2D eigenvalue weighted by Gasteiger charge is -1.99. The summed E-state index contributed by atoms with van der Waals surface area (Å²) < 4.78 is 23.1. The van der Waals surface area contributed by atoms with E-state index in [-0.39, 0.29) is 34.4 Å². The lowest BCUT2D eigenvalue weighted by atomic mass is 10.1. The number of carbonyl (C=O) groups excluding carboxylic acids is 2. The molecule has 122 valence electrons. The molecule has 6 nitrogen and oxygen atoms in total. The van der Waals surface area contributed by atoms with Gasteiger partial charge in [-0.05, 0) is 31.2 Å². The number of rotatable bonds is 5. The second-order valence-electron chi connectivity index (χ2n) is 4.99. The second kappa shape index (κ2) is 6.71. The van der Waals surface area contributed by atoms with Crippen LogP contribution in [0.5, 0.6) is 0 Å². The van der Waals surface area contributed by atoms with Gasteiger partial charge in [0.1, 0.15) is 17.4 Å². The highest BCUT2D eigenvalue weighted by atomic mass is 32.1. The Hall–Kier alpha value is -2.87. The van der Waals surface area contributed by atoms with Gasteiger partial charge in [0.05, 0.1) is 12.0 Å². The number of hydrogen-bond donors (Lipinski definition) is 1. The van der Waals surface area contributed by atoms with E-state index >= 15 is 0 Å². The molecule has 0 saturated carbocycles. The number of furan rings is 1. The number of aromatic nitrogens is 2. The van der Waals surface area contributed by atoms with Crippen molar-refractivity contribution >= 4 is 28.4 Å². The highest BCUT2D eigenvalue weighted by Crippen LogP contribution is 2.25. The Morgan fingerprint density at radius 2 is 2.04 bits per heavy atom. The Bertz CT molecular complexity index is 903. The number of anilines is 1. The summed E-state index contributed by atoms with van der Waals surface area (Å²) in [5.74, 6) is -0.384. The molecule has 24 heavy (non-hydrogen) atoms. The van der Waals surface area contributed by atoms with E-state index in [1.807, 2.05) is 0 Å². The first-order valence-electron chi connectivity index (χ1n) is 7.01. The number of halogens is 1. The molecule has 0 spiro atoms. The third-order valence-corrected chi connectivity index (χ3v) is 3.73. The molecule has 0 aliphatic carbocycles. The van der Waals surface area contributed by atoms with Gasteiger partial charge in [-0.1, -0.05) is 12.1 Å². The maximum absolute atomic E-state index is 13.7. The average Bonchev–Trinajstić information content (AvgIpc) is 3.17. The quantitative estimate of drug-likeness (QED) is 0.767. The monoisotopic (exact) mass is 345 g/mol. The standard InChI is InChI=1S/C16H12FN3O3S/c1-9(21)8-14-18-16(24-20-14)19-15(22)13-7-6-12(23-13)10-4-2-3-5-11(10)17/h2-7H,8H2,1H3,(H,18,19,20,22). The van der Waals surface area contributed by atoms with E-state index in [9.17, 15) is 14.0 Å². The summed E-state index contributed by atoms with van der Waals surface area (Å²) >= 11 is 0.973. The molecule has 3 aromatic rings. The topological polar surface area (TPSA) is 85.1 Å². The zero-order valence-corrected chi connectivity index (χ0v) is 13.4. The fraction of sp³-hybridized carbons (Fsp3) is 0.125. The van der Waals surface area contributed by atoms with Crippen molar-refractivity contribution in [3.63, 3.8) is 0 Å². The van der Waals surface area contributed by atoms with Gasteiger partial charge in [-0.3, -0.25) is 14.9 Å².